The van der Waals surface area contributed by atoms with Crippen molar-refractivity contribution in [2.24, 2.45) is 0 Å². The number of hydrogen-bond donors (Lipinski definition) is 0. The summed E-state index contributed by atoms with van der Waals surface area (Å²) in [5.41, 5.74) is 0. The minimum atomic E-state index is -0.922. The van der Waals surface area contributed by atoms with Crippen LogP contribution in [0.5, 0.6) is 11.5 Å². The number of rotatable bonds is 4. The molecule has 0 N–H and O–H groups in total. The van der Waals surface area contributed by atoms with Gasteiger partial charge in [0.15, 0.2) is 11.6 Å². The Labute approximate surface area is 141 Å². The van der Waals surface area contributed by atoms with Crippen molar-refractivity contribution >= 4 is 35.1 Å². The molecular weight excluding hydrogens is 346 g/mol. The fourth-order valence-corrected chi connectivity index (χ4v) is 1.95. The highest BCUT2D eigenvalue weighted by molar-refractivity contribution is 6.35. The summed E-state index contributed by atoms with van der Waals surface area (Å²) >= 11 is 11.6. The van der Waals surface area contributed by atoms with Crippen LogP contribution in [0.3, 0.4) is 0 Å². The first kappa shape index (κ1) is 17.0. The first-order chi connectivity index (χ1) is 11.0. The molecule has 0 spiro atoms. The van der Waals surface area contributed by atoms with Gasteiger partial charge in [0.1, 0.15) is 5.75 Å². The number of carbonyl (C=O) groups is 2. The Bertz CT molecular complexity index is 774. The Morgan fingerprint density at radius 2 is 1.52 bits per heavy atom. The first-order valence-electron chi connectivity index (χ1n) is 6.27. The molecule has 0 amide bonds. The third-order valence-corrected chi connectivity index (χ3v) is 3.04. The zero-order valence-corrected chi connectivity index (χ0v) is 13.0. The molecule has 2 aromatic rings. The maximum atomic E-state index is 13.3. The molecule has 0 radical (unpaired) electrons. The van der Waals surface area contributed by atoms with Crippen LogP contribution in [0.1, 0.15) is 0 Å². The summed E-state index contributed by atoms with van der Waals surface area (Å²) in [6, 6.07) is 9.69. The average Bonchev–Trinajstić information content (AvgIpc) is 2.50. The van der Waals surface area contributed by atoms with Crippen LogP contribution in [0.15, 0.2) is 54.6 Å². The highest BCUT2D eigenvalue weighted by atomic mass is 35.5. The standard InChI is InChI=1S/C16H9Cl2FO4/c17-10-5-6-13(11(18)9-10)22-15(20)7-8-16(21)23-14-4-2-1-3-12(14)19/h1-9H/b8-7+. The molecule has 0 fully saturated rings. The highest BCUT2D eigenvalue weighted by Gasteiger charge is 2.09. The summed E-state index contributed by atoms with van der Waals surface area (Å²) < 4.78 is 23.0. The number of carbonyl (C=O) groups excluding carboxylic acids is 2. The average molecular weight is 355 g/mol. The number of hydrogen-bond acceptors (Lipinski definition) is 4. The van der Waals surface area contributed by atoms with Gasteiger partial charge in [-0.2, -0.15) is 0 Å². The molecule has 0 aromatic heterocycles. The molecule has 2 aromatic carbocycles. The van der Waals surface area contributed by atoms with Crippen molar-refractivity contribution < 1.29 is 23.5 Å². The maximum Gasteiger partial charge on any atom is 0.336 e. The molecule has 0 saturated heterocycles. The van der Waals surface area contributed by atoms with E-state index in [0.717, 1.165) is 18.2 Å². The lowest BCUT2D eigenvalue weighted by Crippen LogP contribution is -2.09. The van der Waals surface area contributed by atoms with Gasteiger partial charge in [0, 0.05) is 17.2 Å². The van der Waals surface area contributed by atoms with Crippen LogP contribution in [0.2, 0.25) is 10.0 Å². The van der Waals surface area contributed by atoms with Crippen molar-refractivity contribution in [3.05, 3.63) is 70.5 Å². The van der Waals surface area contributed by atoms with Gasteiger partial charge in [-0.3, -0.25) is 0 Å². The van der Waals surface area contributed by atoms with Crippen LogP contribution in [-0.2, 0) is 9.59 Å². The van der Waals surface area contributed by atoms with E-state index in [1.807, 2.05) is 0 Å². The molecule has 0 heterocycles. The van der Waals surface area contributed by atoms with Crippen LogP contribution in [0.4, 0.5) is 4.39 Å². The zero-order valence-electron chi connectivity index (χ0n) is 11.5. The Balaban J connectivity index is 1.95. The lowest BCUT2D eigenvalue weighted by atomic mass is 10.3. The second kappa shape index (κ2) is 7.76. The second-order valence-corrected chi connectivity index (χ2v) is 5.02. The van der Waals surface area contributed by atoms with Crippen LogP contribution in [0, 0.1) is 5.82 Å². The minimum Gasteiger partial charge on any atom is -0.422 e. The van der Waals surface area contributed by atoms with E-state index in [1.165, 1.54) is 36.4 Å². The van der Waals surface area contributed by atoms with Crippen molar-refractivity contribution in [2.45, 2.75) is 0 Å². The van der Waals surface area contributed by atoms with Gasteiger partial charge in [0.25, 0.3) is 0 Å². The van der Waals surface area contributed by atoms with Gasteiger partial charge >= 0.3 is 11.9 Å². The van der Waals surface area contributed by atoms with Crippen LogP contribution in [0.25, 0.3) is 0 Å². The quantitative estimate of drug-likeness (QED) is 0.469. The fourth-order valence-electron chi connectivity index (χ4n) is 1.51. The number of benzene rings is 2. The molecular formula is C16H9Cl2FO4. The fraction of sp³-hybridized carbons (Fsp3) is 0. The summed E-state index contributed by atoms with van der Waals surface area (Å²) in [4.78, 5) is 23.1. The van der Waals surface area contributed by atoms with Gasteiger partial charge in [-0.15, -0.1) is 0 Å². The third kappa shape index (κ3) is 5.09. The Hall–Kier alpha value is -2.37. The molecule has 0 saturated carbocycles. The molecule has 7 heteroatoms. The topological polar surface area (TPSA) is 52.6 Å². The molecule has 2 rings (SSSR count). The third-order valence-electron chi connectivity index (χ3n) is 2.51. The highest BCUT2D eigenvalue weighted by Crippen LogP contribution is 2.27. The predicted octanol–water partition coefficient (Wildman–Crippen LogP) is 4.20. The summed E-state index contributed by atoms with van der Waals surface area (Å²) in [7, 11) is 0. The molecule has 23 heavy (non-hydrogen) atoms. The Kier molecular flexibility index (Phi) is 5.73. The van der Waals surface area contributed by atoms with E-state index in [4.69, 9.17) is 32.7 Å². The Morgan fingerprint density at radius 3 is 2.13 bits per heavy atom. The minimum absolute atomic E-state index is 0.0909. The lowest BCUT2D eigenvalue weighted by molar-refractivity contribution is -0.131. The van der Waals surface area contributed by atoms with E-state index >= 15 is 0 Å². The van der Waals surface area contributed by atoms with E-state index in [2.05, 4.69) is 0 Å². The van der Waals surface area contributed by atoms with Crippen LogP contribution in [-0.4, -0.2) is 11.9 Å². The van der Waals surface area contributed by atoms with Crippen molar-refractivity contribution in [2.75, 3.05) is 0 Å². The largest absolute Gasteiger partial charge is 0.422 e. The lowest BCUT2D eigenvalue weighted by Gasteiger charge is -2.04. The molecule has 0 unspecified atom stereocenters. The SMILES string of the molecule is O=C(/C=C/C(=O)Oc1ccc(Cl)cc1Cl)Oc1ccccc1F. The van der Waals surface area contributed by atoms with Crippen molar-refractivity contribution in [3.63, 3.8) is 0 Å². The zero-order chi connectivity index (χ0) is 16.8. The maximum absolute atomic E-state index is 13.3. The van der Waals surface area contributed by atoms with Gasteiger partial charge in [-0.25, -0.2) is 14.0 Å². The van der Waals surface area contributed by atoms with Crippen LogP contribution < -0.4 is 9.47 Å². The van der Waals surface area contributed by atoms with E-state index in [0.29, 0.717) is 5.02 Å². The molecule has 0 aliphatic rings. The molecule has 0 bridgehead atoms. The predicted molar refractivity (Wildman–Crippen MR) is 83.3 cm³/mol. The summed E-state index contributed by atoms with van der Waals surface area (Å²) in [6.07, 6.45) is 1.66. The van der Waals surface area contributed by atoms with Gasteiger partial charge in [0.2, 0.25) is 0 Å². The number of para-hydroxylation sites is 1. The number of ether oxygens (including phenoxy) is 2. The van der Waals surface area contributed by atoms with Gasteiger partial charge in [-0.1, -0.05) is 35.3 Å². The number of esters is 2. The van der Waals surface area contributed by atoms with Crippen LogP contribution >= 0.6 is 23.2 Å². The van der Waals surface area contributed by atoms with Crippen molar-refractivity contribution in [3.8, 4) is 11.5 Å². The van der Waals surface area contributed by atoms with Gasteiger partial charge in [-0.05, 0) is 30.3 Å². The molecule has 0 aliphatic carbocycles. The monoisotopic (exact) mass is 354 g/mol. The van der Waals surface area contributed by atoms with Crippen molar-refractivity contribution in [1.82, 2.24) is 0 Å². The summed E-state index contributed by atoms with van der Waals surface area (Å²) in [5, 5.41) is 0.534. The van der Waals surface area contributed by atoms with Gasteiger partial charge in [0.05, 0.1) is 5.02 Å². The smallest absolute Gasteiger partial charge is 0.336 e. The van der Waals surface area contributed by atoms with E-state index in [1.54, 1.807) is 0 Å². The molecule has 0 atom stereocenters. The van der Waals surface area contributed by atoms with E-state index in [9.17, 15) is 14.0 Å². The van der Waals surface area contributed by atoms with Gasteiger partial charge < -0.3 is 9.47 Å². The summed E-state index contributed by atoms with van der Waals surface area (Å²) in [6.45, 7) is 0. The number of halogens is 3. The van der Waals surface area contributed by atoms with Crippen molar-refractivity contribution in [1.29, 1.82) is 0 Å². The first-order valence-corrected chi connectivity index (χ1v) is 7.02. The second-order valence-electron chi connectivity index (χ2n) is 4.18. The molecule has 0 aliphatic heterocycles. The molecule has 4 nitrogen and oxygen atoms in total. The van der Waals surface area contributed by atoms with E-state index < -0.39 is 17.8 Å². The van der Waals surface area contributed by atoms with E-state index in [-0.39, 0.29) is 16.5 Å². The molecule has 118 valence electrons. The normalized spacial score (nSPS) is 10.6. The Morgan fingerprint density at radius 1 is 0.913 bits per heavy atom. The summed E-state index contributed by atoms with van der Waals surface area (Å²) in [5.74, 6) is -2.61.